The summed E-state index contributed by atoms with van der Waals surface area (Å²) >= 11 is 0. The van der Waals surface area contributed by atoms with Crippen molar-refractivity contribution in [2.45, 2.75) is 96.7 Å². The minimum Gasteiger partial charge on any atom is -0.482 e. The first-order chi connectivity index (χ1) is 25.9. The number of fused-ring (bicyclic) bond motifs is 2. The highest BCUT2D eigenvalue weighted by atomic mass is 31.2. The largest absolute Gasteiger partial charge is 0.482 e. The van der Waals surface area contributed by atoms with Crippen LogP contribution in [0.15, 0.2) is 109 Å². The molecule has 0 saturated heterocycles. The number of phosphoric ester groups is 1. The first kappa shape index (κ1) is 38.9. The number of esters is 1. The Morgan fingerprint density at radius 2 is 1.40 bits per heavy atom. The van der Waals surface area contributed by atoms with Crippen molar-refractivity contribution in [2.24, 2.45) is 17.8 Å². The third kappa shape index (κ3) is 11.4. The van der Waals surface area contributed by atoms with Crippen LogP contribution >= 0.6 is 7.82 Å². The van der Waals surface area contributed by atoms with E-state index in [1.54, 1.807) is 0 Å². The van der Waals surface area contributed by atoms with Crippen molar-refractivity contribution in [3.05, 3.63) is 137 Å². The Morgan fingerprint density at radius 3 is 2.02 bits per heavy atom. The van der Waals surface area contributed by atoms with Crippen LogP contribution in [0, 0.1) is 17.8 Å². The van der Waals surface area contributed by atoms with E-state index in [4.69, 9.17) is 23.0 Å². The lowest BCUT2D eigenvalue weighted by Gasteiger charge is -2.33. The van der Waals surface area contributed by atoms with Crippen LogP contribution in [0.1, 0.15) is 79.7 Å². The number of rotatable bonds is 20. The van der Waals surface area contributed by atoms with E-state index in [1.807, 2.05) is 103 Å². The lowest BCUT2D eigenvalue weighted by atomic mass is 9.73. The molecule has 2 aliphatic rings. The number of benzene rings is 4. The molecule has 2 aliphatic carbocycles. The Labute approximate surface area is 314 Å². The van der Waals surface area contributed by atoms with Crippen LogP contribution in [0.2, 0.25) is 0 Å². The summed E-state index contributed by atoms with van der Waals surface area (Å²) in [4.78, 5) is 12.5. The van der Waals surface area contributed by atoms with Gasteiger partial charge in [0.1, 0.15) is 12.4 Å². The fraction of sp³-hybridized carbons (Fsp3) is 0.432. The maximum Gasteiger partial charge on any atom is 0.475 e. The summed E-state index contributed by atoms with van der Waals surface area (Å²) in [5.74, 6) is 0.980. The van der Waals surface area contributed by atoms with E-state index < -0.39 is 19.9 Å². The van der Waals surface area contributed by atoms with Crippen LogP contribution in [0.4, 0.5) is 0 Å². The SMILES string of the molecule is CCCCCC(CCC1C2Cc3cccc(OCC(=O)OCc4ccccc4)c3CC2C[C@H]1O)OP(=O)(OCc1ccccc1)OCc1ccccc1. The van der Waals surface area contributed by atoms with Gasteiger partial charge in [0.2, 0.25) is 0 Å². The molecule has 1 fully saturated rings. The number of ether oxygens (including phenoxy) is 2. The van der Waals surface area contributed by atoms with Crippen LogP contribution in [0.3, 0.4) is 0 Å². The van der Waals surface area contributed by atoms with E-state index >= 15 is 0 Å². The molecule has 0 radical (unpaired) electrons. The second-order valence-corrected chi connectivity index (χ2v) is 16.0. The first-order valence-corrected chi connectivity index (χ1v) is 20.6. The van der Waals surface area contributed by atoms with Crippen molar-refractivity contribution in [2.75, 3.05) is 6.61 Å². The number of unbranched alkanes of at least 4 members (excludes halogenated alkanes) is 2. The summed E-state index contributed by atoms with van der Waals surface area (Å²) < 4.78 is 44.1. The maximum absolute atomic E-state index is 14.3. The van der Waals surface area contributed by atoms with E-state index in [1.165, 1.54) is 5.56 Å². The van der Waals surface area contributed by atoms with Gasteiger partial charge in [-0.3, -0.25) is 13.6 Å². The molecule has 0 spiro atoms. The van der Waals surface area contributed by atoms with Gasteiger partial charge in [0, 0.05) is 0 Å². The van der Waals surface area contributed by atoms with Crippen LogP contribution in [-0.4, -0.2) is 29.9 Å². The van der Waals surface area contributed by atoms with Gasteiger partial charge < -0.3 is 14.6 Å². The molecule has 0 heterocycles. The highest BCUT2D eigenvalue weighted by Gasteiger charge is 2.45. The van der Waals surface area contributed by atoms with Crippen LogP contribution < -0.4 is 4.74 Å². The molecule has 1 N–H and O–H groups in total. The molecule has 1 saturated carbocycles. The Hall–Kier alpha value is -3.78. The van der Waals surface area contributed by atoms with E-state index in [9.17, 15) is 14.5 Å². The summed E-state index contributed by atoms with van der Waals surface area (Å²) in [5, 5.41) is 11.4. The second-order valence-electron chi connectivity index (χ2n) is 14.4. The van der Waals surface area contributed by atoms with E-state index in [2.05, 4.69) is 13.0 Å². The molecule has 6 rings (SSSR count). The Morgan fingerprint density at radius 1 is 0.774 bits per heavy atom. The molecule has 5 atom stereocenters. The predicted molar refractivity (Wildman–Crippen MR) is 205 cm³/mol. The standard InChI is InChI=1S/C44H53O8P/c1-2-3-7-22-38(52-53(47,50-30-34-17-10-5-11-18-34)51-31-35-19-12-6-13-20-35)24-25-39-40-26-36-21-14-23-43(41(36)27-37(40)28-42(39)45)48-32-44(46)49-29-33-15-8-4-9-16-33/h4-6,8-21,23,37-40,42,45H,2-3,7,22,24-32H2,1H3/t37?,38?,39?,40?,42-/m1/s1. The van der Waals surface area contributed by atoms with Gasteiger partial charge in [-0.25, -0.2) is 9.36 Å². The molecule has 4 unspecified atom stereocenters. The fourth-order valence-electron chi connectivity index (χ4n) is 7.84. The van der Waals surface area contributed by atoms with Crippen molar-refractivity contribution in [1.82, 2.24) is 0 Å². The third-order valence-electron chi connectivity index (χ3n) is 10.6. The molecule has 0 amide bonds. The highest BCUT2D eigenvalue weighted by molar-refractivity contribution is 7.48. The van der Waals surface area contributed by atoms with E-state index in [0.29, 0.717) is 30.4 Å². The molecule has 9 heteroatoms. The smallest absolute Gasteiger partial charge is 0.475 e. The van der Waals surface area contributed by atoms with Crippen LogP contribution in [0.5, 0.6) is 5.75 Å². The summed E-state index contributed by atoms with van der Waals surface area (Å²) in [6, 6.07) is 34.9. The number of hydrogen-bond donors (Lipinski definition) is 1. The Kier molecular flexibility index (Phi) is 14.3. The van der Waals surface area contributed by atoms with Crippen molar-refractivity contribution < 1.29 is 37.5 Å². The fourth-order valence-corrected chi connectivity index (χ4v) is 9.23. The van der Waals surface area contributed by atoms with Gasteiger partial charge >= 0.3 is 13.8 Å². The molecular weight excluding hydrogens is 687 g/mol. The van der Waals surface area contributed by atoms with Gasteiger partial charge in [0.05, 0.1) is 25.4 Å². The molecule has 0 bridgehead atoms. The molecular formula is C44H53O8P. The third-order valence-corrected chi connectivity index (χ3v) is 12.1. The maximum atomic E-state index is 14.3. The van der Waals surface area contributed by atoms with Gasteiger partial charge in [0.15, 0.2) is 6.61 Å². The predicted octanol–water partition coefficient (Wildman–Crippen LogP) is 9.81. The molecule has 0 aromatic heterocycles. The van der Waals surface area contributed by atoms with Gasteiger partial charge in [-0.1, -0.05) is 129 Å². The molecule has 0 aliphatic heterocycles. The van der Waals surface area contributed by atoms with Gasteiger partial charge in [-0.05, 0) is 90.2 Å². The average molecular weight is 741 g/mol. The topological polar surface area (TPSA) is 101 Å². The zero-order chi connectivity index (χ0) is 36.9. The lowest BCUT2D eigenvalue weighted by molar-refractivity contribution is -0.147. The summed E-state index contributed by atoms with van der Waals surface area (Å²) in [6.45, 7) is 2.44. The van der Waals surface area contributed by atoms with Crippen molar-refractivity contribution in [3.8, 4) is 5.75 Å². The number of phosphoric acid groups is 1. The lowest BCUT2D eigenvalue weighted by Crippen LogP contribution is -2.28. The minimum absolute atomic E-state index is 0.0813. The molecule has 8 nitrogen and oxygen atoms in total. The van der Waals surface area contributed by atoms with Gasteiger partial charge in [-0.2, -0.15) is 0 Å². The zero-order valence-corrected chi connectivity index (χ0v) is 31.6. The highest BCUT2D eigenvalue weighted by Crippen LogP contribution is 2.54. The number of aliphatic hydroxyl groups is 1. The van der Waals surface area contributed by atoms with Crippen molar-refractivity contribution in [1.29, 1.82) is 0 Å². The zero-order valence-electron chi connectivity index (χ0n) is 30.7. The molecule has 282 valence electrons. The van der Waals surface area contributed by atoms with Gasteiger partial charge in [0.25, 0.3) is 0 Å². The van der Waals surface area contributed by atoms with Gasteiger partial charge in [-0.15, -0.1) is 0 Å². The van der Waals surface area contributed by atoms with E-state index in [-0.39, 0.29) is 38.4 Å². The molecule has 4 aromatic carbocycles. The first-order valence-electron chi connectivity index (χ1n) is 19.2. The number of aliphatic hydroxyl groups excluding tert-OH is 1. The summed E-state index contributed by atoms with van der Waals surface area (Å²) in [6.07, 6.45) is 6.70. The number of carbonyl (C=O) groups excluding carboxylic acids is 1. The quantitative estimate of drug-likeness (QED) is 0.0543. The molecule has 4 aromatic rings. The molecule has 53 heavy (non-hydrogen) atoms. The van der Waals surface area contributed by atoms with Crippen LogP contribution in [0.25, 0.3) is 0 Å². The number of hydrogen-bond acceptors (Lipinski definition) is 8. The monoisotopic (exact) mass is 740 g/mol. The minimum atomic E-state index is -3.95. The Balaban J connectivity index is 1.09. The Bertz CT molecular complexity index is 1700. The van der Waals surface area contributed by atoms with Crippen molar-refractivity contribution >= 4 is 13.8 Å². The van der Waals surface area contributed by atoms with Crippen LogP contribution in [-0.2, 0) is 60.3 Å². The summed E-state index contributed by atoms with van der Waals surface area (Å²) in [7, 11) is -3.95. The summed E-state index contributed by atoms with van der Waals surface area (Å²) in [5.41, 5.74) is 5.02. The number of carbonyl (C=O) groups is 1. The normalized spacial score (nSPS) is 20.0. The average Bonchev–Trinajstić information content (AvgIpc) is 3.50. The van der Waals surface area contributed by atoms with E-state index in [0.717, 1.165) is 67.2 Å². The van der Waals surface area contributed by atoms with Crippen molar-refractivity contribution in [3.63, 3.8) is 0 Å². The second kappa shape index (κ2) is 19.5.